The molecule has 0 aliphatic heterocycles. The summed E-state index contributed by atoms with van der Waals surface area (Å²) in [5, 5.41) is 0. The molecule has 0 aliphatic carbocycles. The van der Waals surface area contributed by atoms with Crippen LogP contribution >= 0.6 is 0 Å². The molecule has 1 unspecified atom stereocenters. The van der Waals surface area contributed by atoms with Crippen LogP contribution in [-0.2, 0) is 0 Å². The Bertz CT molecular complexity index is 369. The number of halogens is 1. The van der Waals surface area contributed by atoms with Crippen molar-refractivity contribution in [1.29, 1.82) is 0 Å². The highest BCUT2D eigenvalue weighted by atomic mass is 19.1. The van der Waals surface area contributed by atoms with Gasteiger partial charge >= 0.3 is 0 Å². The van der Waals surface area contributed by atoms with Gasteiger partial charge in [0.05, 0.1) is 0 Å². The van der Waals surface area contributed by atoms with Crippen molar-refractivity contribution < 1.29 is 4.39 Å². The summed E-state index contributed by atoms with van der Waals surface area (Å²) in [6.07, 6.45) is 1.83. The molecule has 96 valence electrons. The molecule has 17 heavy (non-hydrogen) atoms. The number of hydrogen-bond donors (Lipinski definition) is 2. The molecule has 0 saturated carbocycles. The van der Waals surface area contributed by atoms with Crippen LogP contribution in [0.4, 0.5) is 4.39 Å². The third-order valence-corrected chi connectivity index (χ3v) is 2.92. The number of rotatable bonds is 4. The Kier molecular flexibility index (Phi) is 4.66. The van der Waals surface area contributed by atoms with E-state index in [2.05, 4.69) is 26.2 Å². The van der Waals surface area contributed by atoms with Crippen LogP contribution < -0.4 is 11.3 Å². The van der Waals surface area contributed by atoms with Gasteiger partial charge in [-0.15, -0.1) is 0 Å². The fraction of sp³-hybridized carbons (Fsp3) is 0.571. The molecule has 1 rings (SSSR count). The van der Waals surface area contributed by atoms with Crippen molar-refractivity contribution in [2.75, 3.05) is 0 Å². The Balaban J connectivity index is 2.79. The fourth-order valence-corrected chi connectivity index (χ4v) is 1.82. The quantitative estimate of drug-likeness (QED) is 0.622. The van der Waals surface area contributed by atoms with Gasteiger partial charge in [0.2, 0.25) is 0 Å². The zero-order chi connectivity index (χ0) is 13.1. The fourth-order valence-electron chi connectivity index (χ4n) is 1.82. The summed E-state index contributed by atoms with van der Waals surface area (Å²) in [6.45, 7) is 8.40. The summed E-state index contributed by atoms with van der Waals surface area (Å²) >= 11 is 0. The first-order chi connectivity index (χ1) is 7.83. The molecule has 1 aromatic rings. The third-order valence-electron chi connectivity index (χ3n) is 2.92. The molecule has 0 spiro atoms. The van der Waals surface area contributed by atoms with Crippen LogP contribution in [0.5, 0.6) is 0 Å². The standard InChI is InChI=1S/C14H23FN2/c1-10-5-6-11(12(15)9-10)13(17-16)7-8-14(2,3)4/h5-6,9,13,17H,7-8,16H2,1-4H3. The summed E-state index contributed by atoms with van der Waals surface area (Å²) < 4.78 is 13.8. The predicted octanol–water partition coefficient (Wildman–Crippen LogP) is 3.46. The lowest BCUT2D eigenvalue weighted by molar-refractivity contribution is 0.330. The first kappa shape index (κ1) is 14.1. The van der Waals surface area contributed by atoms with Gasteiger partial charge in [0.1, 0.15) is 5.82 Å². The first-order valence-corrected chi connectivity index (χ1v) is 6.05. The number of hydrazine groups is 1. The SMILES string of the molecule is Cc1ccc(C(CCC(C)(C)C)NN)c(F)c1. The minimum atomic E-state index is -0.179. The zero-order valence-electron chi connectivity index (χ0n) is 11.2. The van der Waals surface area contributed by atoms with E-state index in [1.165, 1.54) is 0 Å². The highest BCUT2D eigenvalue weighted by Gasteiger charge is 2.18. The number of hydrogen-bond acceptors (Lipinski definition) is 2. The van der Waals surface area contributed by atoms with Crippen LogP contribution in [0, 0.1) is 18.2 Å². The second-order valence-electron chi connectivity index (χ2n) is 5.84. The average Bonchev–Trinajstić information content (AvgIpc) is 2.19. The van der Waals surface area contributed by atoms with Crippen LogP contribution in [-0.4, -0.2) is 0 Å². The van der Waals surface area contributed by atoms with Gasteiger partial charge in [0.15, 0.2) is 0 Å². The van der Waals surface area contributed by atoms with E-state index in [0.29, 0.717) is 5.56 Å². The van der Waals surface area contributed by atoms with Gasteiger partial charge in [-0.1, -0.05) is 32.9 Å². The van der Waals surface area contributed by atoms with E-state index in [1.807, 2.05) is 19.1 Å². The minimum absolute atomic E-state index is 0.116. The van der Waals surface area contributed by atoms with Crippen LogP contribution in [0.1, 0.15) is 50.8 Å². The molecular weight excluding hydrogens is 215 g/mol. The van der Waals surface area contributed by atoms with Gasteiger partial charge in [-0.05, 0) is 36.8 Å². The number of benzene rings is 1. The summed E-state index contributed by atoms with van der Waals surface area (Å²) in [5.74, 6) is 5.35. The molecule has 0 aromatic heterocycles. The van der Waals surface area contributed by atoms with Crippen molar-refractivity contribution in [2.24, 2.45) is 11.3 Å². The molecule has 0 fully saturated rings. The van der Waals surface area contributed by atoms with Crippen LogP contribution in [0.2, 0.25) is 0 Å². The molecule has 1 aromatic carbocycles. The van der Waals surface area contributed by atoms with E-state index >= 15 is 0 Å². The van der Waals surface area contributed by atoms with Crippen molar-refractivity contribution in [2.45, 2.75) is 46.6 Å². The van der Waals surface area contributed by atoms with Crippen molar-refractivity contribution >= 4 is 0 Å². The average molecular weight is 238 g/mol. The Morgan fingerprint density at radius 1 is 1.35 bits per heavy atom. The molecule has 0 aliphatic rings. The molecule has 0 heterocycles. The van der Waals surface area contributed by atoms with Crippen LogP contribution in [0.3, 0.4) is 0 Å². The maximum Gasteiger partial charge on any atom is 0.128 e. The molecular formula is C14H23FN2. The van der Waals surface area contributed by atoms with Crippen molar-refractivity contribution in [3.63, 3.8) is 0 Å². The molecule has 0 saturated heterocycles. The molecule has 2 nitrogen and oxygen atoms in total. The Hall–Kier alpha value is -0.930. The van der Waals surface area contributed by atoms with E-state index in [-0.39, 0.29) is 17.3 Å². The number of nitrogens with one attached hydrogen (secondary N) is 1. The first-order valence-electron chi connectivity index (χ1n) is 6.05. The van der Waals surface area contributed by atoms with Crippen molar-refractivity contribution in [1.82, 2.24) is 5.43 Å². The topological polar surface area (TPSA) is 38.0 Å². The molecule has 1 atom stereocenters. The second kappa shape index (κ2) is 5.61. The highest BCUT2D eigenvalue weighted by molar-refractivity contribution is 5.26. The summed E-state index contributed by atoms with van der Waals surface area (Å²) in [7, 11) is 0. The van der Waals surface area contributed by atoms with Crippen LogP contribution in [0.25, 0.3) is 0 Å². The summed E-state index contributed by atoms with van der Waals surface area (Å²) in [5.41, 5.74) is 4.53. The number of nitrogens with two attached hydrogens (primary N) is 1. The van der Waals surface area contributed by atoms with E-state index in [1.54, 1.807) is 6.07 Å². The second-order valence-corrected chi connectivity index (χ2v) is 5.84. The maximum atomic E-state index is 13.8. The number of aryl methyl sites for hydroxylation is 1. The van der Waals surface area contributed by atoms with Crippen molar-refractivity contribution in [3.8, 4) is 0 Å². The van der Waals surface area contributed by atoms with E-state index in [4.69, 9.17) is 5.84 Å². The summed E-state index contributed by atoms with van der Waals surface area (Å²) in [6, 6.07) is 5.17. The van der Waals surface area contributed by atoms with Gasteiger partial charge in [-0.2, -0.15) is 0 Å². The molecule has 0 amide bonds. The smallest absolute Gasteiger partial charge is 0.128 e. The third kappa shape index (κ3) is 4.44. The predicted molar refractivity (Wildman–Crippen MR) is 69.9 cm³/mol. The molecule has 3 heteroatoms. The normalized spacial score (nSPS) is 13.8. The molecule has 3 N–H and O–H groups in total. The Morgan fingerprint density at radius 3 is 2.47 bits per heavy atom. The highest BCUT2D eigenvalue weighted by Crippen LogP contribution is 2.28. The van der Waals surface area contributed by atoms with E-state index in [9.17, 15) is 4.39 Å². The lowest BCUT2D eigenvalue weighted by Gasteiger charge is -2.23. The lowest BCUT2D eigenvalue weighted by Crippen LogP contribution is -2.29. The van der Waals surface area contributed by atoms with E-state index < -0.39 is 0 Å². The van der Waals surface area contributed by atoms with Gasteiger partial charge in [0.25, 0.3) is 0 Å². The van der Waals surface area contributed by atoms with E-state index in [0.717, 1.165) is 18.4 Å². The van der Waals surface area contributed by atoms with Gasteiger partial charge in [-0.25, -0.2) is 4.39 Å². The Morgan fingerprint density at radius 2 is 2.00 bits per heavy atom. The van der Waals surface area contributed by atoms with Crippen molar-refractivity contribution in [3.05, 3.63) is 35.1 Å². The minimum Gasteiger partial charge on any atom is -0.271 e. The maximum absolute atomic E-state index is 13.8. The van der Waals surface area contributed by atoms with Crippen LogP contribution in [0.15, 0.2) is 18.2 Å². The lowest BCUT2D eigenvalue weighted by atomic mass is 9.87. The largest absolute Gasteiger partial charge is 0.271 e. The monoisotopic (exact) mass is 238 g/mol. The Labute approximate surface area is 103 Å². The zero-order valence-corrected chi connectivity index (χ0v) is 11.2. The summed E-state index contributed by atoms with van der Waals surface area (Å²) in [4.78, 5) is 0. The van der Waals surface area contributed by atoms with Gasteiger partial charge in [0, 0.05) is 11.6 Å². The van der Waals surface area contributed by atoms with Gasteiger partial charge in [-0.3, -0.25) is 11.3 Å². The molecule has 0 bridgehead atoms. The van der Waals surface area contributed by atoms with Gasteiger partial charge < -0.3 is 0 Å². The molecule has 0 radical (unpaired) electrons.